The quantitative estimate of drug-likeness (QED) is 0.767. The summed E-state index contributed by atoms with van der Waals surface area (Å²) in [6.45, 7) is 0.696. The molecule has 72 valence electrons. The van der Waals surface area contributed by atoms with E-state index in [9.17, 15) is 0 Å². The molecule has 0 radical (unpaired) electrons. The predicted molar refractivity (Wildman–Crippen MR) is 55.7 cm³/mol. The first-order chi connectivity index (χ1) is 6.80. The topological polar surface area (TPSA) is 49.8 Å². The molecule has 0 atom stereocenters. The van der Waals surface area contributed by atoms with Crippen molar-refractivity contribution in [3.05, 3.63) is 35.4 Å². The summed E-state index contributed by atoms with van der Waals surface area (Å²) in [5.74, 6) is 0. The van der Waals surface area contributed by atoms with Crippen LogP contribution in [-0.4, -0.2) is 6.54 Å². The van der Waals surface area contributed by atoms with Crippen LogP contribution in [0.2, 0.25) is 0 Å². The normalized spacial score (nSPS) is 18.3. The van der Waals surface area contributed by atoms with Gasteiger partial charge in [-0.25, -0.2) is 0 Å². The van der Waals surface area contributed by atoms with Crippen molar-refractivity contribution < 1.29 is 0 Å². The molecule has 1 aliphatic carbocycles. The Hall–Kier alpha value is -1.33. The van der Waals surface area contributed by atoms with E-state index in [2.05, 4.69) is 12.1 Å². The third-order valence-electron chi connectivity index (χ3n) is 3.31. The summed E-state index contributed by atoms with van der Waals surface area (Å²) in [4.78, 5) is 0. The molecular formula is C12H14N2. The lowest BCUT2D eigenvalue weighted by atomic mass is 9.64. The maximum atomic E-state index is 8.81. The fourth-order valence-corrected chi connectivity index (χ4v) is 2.13. The van der Waals surface area contributed by atoms with E-state index in [1.807, 2.05) is 18.2 Å². The summed E-state index contributed by atoms with van der Waals surface area (Å²) >= 11 is 0. The van der Waals surface area contributed by atoms with Gasteiger partial charge in [0.15, 0.2) is 0 Å². The van der Waals surface area contributed by atoms with Crippen molar-refractivity contribution in [2.24, 2.45) is 5.73 Å². The molecule has 1 aromatic carbocycles. The van der Waals surface area contributed by atoms with Gasteiger partial charge in [-0.1, -0.05) is 18.6 Å². The van der Waals surface area contributed by atoms with E-state index in [1.165, 1.54) is 24.8 Å². The zero-order valence-corrected chi connectivity index (χ0v) is 8.16. The van der Waals surface area contributed by atoms with Crippen LogP contribution in [0, 0.1) is 11.3 Å². The number of rotatable bonds is 2. The summed E-state index contributed by atoms with van der Waals surface area (Å²) in [5.41, 5.74) is 7.96. The molecule has 0 heterocycles. The molecule has 14 heavy (non-hydrogen) atoms. The predicted octanol–water partition coefficient (Wildman–Crippen LogP) is 1.94. The fraction of sp³-hybridized carbons (Fsp3) is 0.417. The van der Waals surface area contributed by atoms with E-state index >= 15 is 0 Å². The second-order valence-corrected chi connectivity index (χ2v) is 4.03. The van der Waals surface area contributed by atoms with Crippen molar-refractivity contribution in [2.75, 3.05) is 6.54 Å². The molecule has 1 fully saturated rings. The van der Waals surface area contributed by atoms with Gasteiger partial charge in [-0.3, -0.25) is 0 Å². The van der Waals surface area contributed by atoms with Crippen LogP contribution < -0.4 is 5.73 Å². The molecule has 0 aliphatic heterocycles. The molecule has 0 unspecified atom stereocenters. The molecule has 2 N–H and O–H groups in total. The highest BCUT2D eigenvalue weighted by atomic mass is 14.6. The van der Waals surface area contributed by atoms with Crippen LogP contribution in [-0.2, 0) is 5.41 Å². The lowest BCUT2D eigenvalue weighted by molar-refractivity contribution is 0.253. The van der Waals surface area contributed by atoms with Crippen molar-refractivity contribution in [2.45, 2.75) is 24.7 Å². The molecular weight excluding hydrogens is 172 g/mol. The first kappa shape index (κ1) is 9.23. The first-order valence-electron chi connectivity index (χ1n) is 5.01. The molecule has 1 aromatic rings. The minimum Gasteiger partial charge on any atom is -0.330 e. The van der Waals surface area contributed by atoms with Crippen LogP contribution in [0.25, 0.3) is 0 Å². The number of nitrogens with two attached hydrogens (primary N) is 1. The largest absolute Gasteiger partial charge is 0.330 e. The van der Waals surface area contributed by atoms with Crippen molar-refractivity contribution in [1.82, 2.24) is 0 Å². The van der Waals surface area contributed by atoms with Gasteiger partial charge in [-0.05, 0) is 30.5 Å². The third-order valence-corrected chi connectivity index (χ3v) is 3.31. The Morgan fingerprint density at radius 3 is 2.71 bits per heavy atom. The van der Waals surface area contributed by atoms with Gasteiger partial charge in [0.1, 0.15) is 0 Å². The minimum atomic E-state index is 0.173. The van der Waals surface area contributed by atoms with Gasteiger partial charge in [0.2, 0.25) is 0 Å². The summed E-state index contributed by atoms with van der Waals surface area (Å²) in [6.07, 6.45) is 3.59. The highest BCUT2D eigenvalue weighted by molar-refractivity contribution is 5.38. The number of hydrogen-bond acceptors (Lipinski definition) is 2. The zero-order valence-electron chi connectivity index (χ0n) is 8.16. The smallest absolute Gasteiger partial charge is 0.0991 e. The molecule has 1 saturated carbocycles. The summed E-state index contributed by atoms with van der Waals surface area (Å²) in [7, 11) is 0. The highest BCUT2D eigenvalue weighted by Gasteiger charge is 2.37. The van der Waals surface area contributed by atoms with E-state index in [1.54, 1.807) is 0 Å². The Balaban J connectivity index is 2.36. The molecule has 0 aromatic heterocycles. The van der Waals surface area contributed by atoms with Gasteiger partial charge in [-0.2, -0.15) is 5.26 Å². The van der Waals surface area contributed by atoms with Crippen LogP contribution in [0.15, 0.2) is 24.3 Å². The number of benzene rings is 1. The maximum absolute atomic E-state index is 8.81. The van der Waals surface area contributed by atoms with Crippen molar-refractivity contribution >= 4 is 0 Å². The highest BCUT2D eigenvalue weighted by Crippen LogP contribution is 2.42. The number of nitriles is 1. The molecule has 2 rings (SSSR count). The number of hydrogen-bond donors (Lipinski definition) is 1. The van der Waals surface area contributed by atoms with Crippen LogP contribution in [0.3, 0.4) is 0 Å². The SMILES string of the molecule is N#Cc1cccc(C2(CN)CCC2)c1. The van der Waals surface area contributed by atoms with Gasteiger partial charge >= 0.3 is 0 Å². The first-order valence-corrected chi connectivity index (χ1v) is 5.01. The van der Waals surface area contributed by atoms with Crippen molar-refractivity contribution in [1.29, 1.82) is 5.26 Å². The summed E-state index contributed by atoms with van der Waals surface area (Å²) in [5, 5.41) is 8.81. The lowest BCUT2D eigenvalue weighted by Gasteiger charge is -2.41. The van der Waals surface area contributed by atoms with E-state index in [0.29, 0.717) is 6.54 Å². The third kappa shape index (κ3) is 1.30. The summed E-state index contributed by atoms with van der Waals surface area (Å²) < 4.78 is 0. The standard InChI is InChI=1S/C12H14N2/c13-8-10-3-1-4-11(7-10)12(9-14)5-2-6-12/h1,3-4,7H,2,5-6,9,14H2. The lowest BCUT2D eigenvalue weighted by Crippen LogP contribution is -2.41. The van der Waals surface area contributed by atoms with Crippen LogP contribution in [0.4, 0.5) is 0 Å². The molecule has 2 heteroatoms. The van der Waals surface area contributed by atoms with Gasteiger partial charge < -0.3 is 5.73 Å². The fourth-order valence-electron chi connectivity index (χ4n) is 2.13. The van der Waals surface area contributed by atoms with Gasteiger partial charge in [0.25, 0.3) is 0 Å². The molecule has 0 amide bonds. The zero-order chi connectivity index (χ0) is 10.0. The van der Waals surface area contributed by atoms with E-state index in [4.69, 9.17) is 11.0 Å². The maximum Gasteiger partial charge on any atom is 0.0991 e. The Labute approximate surface area is 84.3 Å². The number of nitrogens with zero attached hydrogens (tertiary/aromatic N) is 1. The average Bonchev–Trinajstić information content (AvgIpc) is 2.18. The Morgan fingerprint density at radius 2 is 2.21 bits per heavy atom. The molecule has 0 bridgehead atoms. The van der Waals surface area contributed by atoms with Crippen molar-refractivity contribution in [3.63, 3.8) is 0 Å². The monoisotopic (exact) mass is 186 g/mol. The van der Waals surface area contributed by atoms with E-state index in [-0.39, 0.29) is 5.41 Å². The van der Waals surface area contributed by atoms with E-state index < -0.39 is 0 Å². The Kier molecular flexibility index (Phi) is 2.26. The van der Waals surface area contributed by atoms with Gasteiger partial charge in [0.05, 0.1) is 11.6 Å². The summed E-state index contributed by atoms with van der Waals surface area (Å²) in [6, 6.07) is 10.0. The Morgan fingerprint density at radius 1 is 1.43 bits per heavy atom. The van der Waals surface area contributed by atoms with Crippen LogP contribution in [0.1, 0.15) is 30.4 Å². The average molecular weight is 186 g/mol. The second-order valence-electron chi connectivity index (χ2n) is 4.03. The molecule has 0 spiro atoms. The van der Waals surface area contributed by atoms with Crippen LogP contribution >= 0.6 is 0 Å². The van der Waals surface area contributed by atoms with Gasteiger partial charge in [0, 0.05) is 12.0 Å². The van der Waals surface area contributed by atoms with E-state index in [0.717, 1.165) is 5.56 Å². The molecule has 0 saturated heterocycles. The van der Waals surface area contributed by atoms with Crippen LogP contribution in [0.5, 0.6) is 0 Å². The molecule has 1 aliphatic rings. The Bertz CT molecular complexity index is 367. The molecule has 2 nitrogen and oxygen atoms in total. The van der Waals surface area contributed by atoms with Crippen molar-refractivity contribution in [3.8, 4) is 6.07 Å². The minimum absolute atomic E-state index is 0.173. The second kappa shape index (κ2) is 3.43. The van der Waals surface area contributed by atoms with Gasteiger partial charge in [-0.15, -0.1) is 0 Å².